The molecule has 0 saturated carbocycles. The first kappa shape index (κ1) is 14.8. The fourth-order valence-electron chi connectivity index (χ4n) is 2.68. The Morgan fingerprint density at radius 3 is 2.64 bits per heavy atom. The number of thioether (sulfide) groups is 1. The van der Waals surface area contributed by atoms with Crippen LogP contribution in [0.5, 0.6) is 0 Å². The van der Waals surface area contributed by atoms with Crippen LogP contribution in [0.25, 0.3) is 0 Å². The van der Waals surface area contributed by atoms with Gasteiger partial charge in [0.15, 0.2) is 5.78 Å². The van der Waals surface area contributed by atoms with Gasteiger partial charge in [0.05, 0.1) is 17.4 Å². The number of ketones is 1. The molecule has 1 saturated heterocycles. The van der Waals surface area contributed by atoms with E-state index in [-0.39, 0.29) is 17.0 Å². The van der Waals surface area contributed by atoms with Crippen molar-refractivity contribution in [2.75, 3.05) is 12.3 Å². The zero-order valence-corrected chi connectivity index (χ0v) is 12.2. The van der Waals surface area contributed by atoms with E-state index in [1.165, 1.54) is 40.9 Å². The predicted molar refractivity (Wildman–Crippen MR) is 77.7 cm³/mol. The highest BCUT2D eigenvalue weighted by Crippen LogP contribution is 2.43. The summed E-state index contributed by atoms with van der Waals surface area (Å²) < 4.78 is 13.0. The first-order chi connectivity index (χ1) is 10.5. The minimum atomic E-state index is -1.13. The van der Waals surface area contributed by atoms with Gasteiger partial charge in [-0.2, -0.15) is 0 Å². The molecule has 2 aliphatic rings. The number of Topliss-reactive ketones (excluding diaryl/α,β-unsaturated/α-hetero) is 1. The number of benzene rings is 1. The number of hydrogen-bond donors (Lipinski definition) is 1. The molecule has 1 unspecified atom stereocenters. The first-order valence-corrected chi connectivity index (χ1v) is 7.68. The molecule has 22 heavy (non-hydrogen) atoms. The van der Waals surface area contributed by atoms with Crippen molar-refractivity contribution in [3.05, 3.63) is 46.2 Å². The molecule has 2 aliphatic heterocycles. The van der Waals surface area contributed by atoms with Crippen molar-refractivity contribution in [1.82, 2.24) is 4.90 Å². The van der Waals surface area contributed by atoms with Crippen LogP contribution in [0.2, 0.25) is 0 Å². The van der Waals surface area contributed by atoms with E-state index in [0.29, 0.717) is 17.3 Å². The van der Waals surface area contributed by atoms with E-state index >= 15 is 0 Å². The Kier molecular flexibility index (Phi) is 3.74. The van der Waals surface area contributed by atoms with Crippen LogP contribution in [0.4, 0.5) is 4.39 Å². The lowest BCUT2D eigenvalue weighted by atomic mass is 9.91. The molecular formula is C15H12FNO4S. The Bertz CT molecular complexity index is 698. The van der Waals surface area contributed by atoms with E-state index < -0.39 is 29.9 Å². The molecule has 0 aliphatic carbocycles. The molecule has 0 aromatic heterocycles. The average molecular weight is 321 g/mol. The maximum Gasteiger partial charge on any atom is 0.304 e. The van der Waals surface area contributed by atoms with E-state index in [0.717, 1.165) is 0 Å². The summed E-state index contributed by atoms with van der Waals surface area (Å²) in [6.07, 6.45) is -0.415. The summed E-state index contributed by atoms with van der Waals surface area (Å²) in [6.45, 7) is 0.481. The summed E-state index contributed by atoms with van der Waals surface area (Å²) in [6, 6.07) is 5.02. The van der Waals surface area contributed by atoms with Gasteiger partial charge >= 0.3 is 5.97 Å². The van der Waals surface area contributed by atoms with E-state index in [1.807, 2.05) is 0 Å². The molecule has 7 heteroatoms. The quantitative estimate of drug-likeness (QED) is 0.857. The number of carbonyl (C=O) groups is 3. The molecular weight excluding hydrogens is 309 g/mol. The SMILES string of the molecule is O=C(O)CC1C(=O)N2CCSC2=C1C(=O)c1ccc(F)cc1. The number of carboxylic acids is 1. The zero-order chi connectivity index (χ0) is 15.9. The monoisotopic (exact) mass is 321 g/mol. The molecule has 1 aromatic carbocycles. The van der Waals surface area contributed by atoms with Crippen LogP contribution >= 0.6 is 11.8 Å². The van der Waals surface area contributed by atoms with Gasteiger partial charge in [-0.3, -0.25) is 14.4 Å². The molecule has 2 heterocycles. The Balaban J connectivity index is 2.02. The Morgan fingerprint density at radius 1 is 1.32 bits per heavy atom. The third-order valence-corrected chi connectivity index (χ3v) is 4.77. The van der Waals surface area contributed by atoms with Crippen molar-refractivity contribution in [2.24, 2.45) is 5.92 Å². The largest absolute Gasteiger partial charge is 0.481 e. The van der Waals surface area contributed by atoms with Crippen LogP contribution in [0.3, 0.4) is 0 Å². The summed E-state index contributed by atoms with van der Waals surface area (Å²) >= 11 is 1.38. The number of halogens is 1. The molecule has 1 amide bonds. The molecule has 114 valence electrons. The van der Waals surface area contributed by atoms with Crippen molar-refractivity contribution in [3.63, 3.8) is 0 Å². The van der Waals surface area contributed by atoms with Crippen molar-refractivity contribution in [2.45, 2.75) is 6.42 Å². The van der Waals surface area contributed by atoms with Crippen LogP contribution in [0.1, 0.15) is 16.8 Å². The number of carboxylic acid groups (broad SMARTS) is 1. The number of nitrogens with zero attached hydrogens (tertiary/aromatic N) is 1. The van der Waals surface area contributed by atoms with Crippen molar-refractivity contribution < 1.29 is 23.9 Å². The lowest BCUT2D eigenvalue weighted by molar-refractivity contribution is -0.141. The third-order valence-electron chi connectivity index (χ3n) is 3.67. The number of amides is 1. The zero-order valence-electron chi connectivity index (χ0n) is 11.4. The summed E-state index contributed by atoms with van der Waals surface area (Å²) in [5, 5.41) is 9.55. The molecule has 1 fully saturated rings. The standard InChI is InChI=1S/C15H12FNO4S/c16-9-3-1-8(2-4-9)13(20)12-10(7-11(18)19)14(21)17-5-6-22-15(12)17/h1-4,10H,5-7H2,(H,18,19). The maximum atomic E-state index is 13.0. The average Bonchev–Trinajstić information content (AvgIpc) is 3.03. The van der Waals surface area contributed by atoms with Crippen molar-refractivity contribution >= 4 is 29.4 Å². The topological polar surface area (TPSA) is 74.7 Å². The highest BCUT2D eigenvalue weighted by atomic mass is 32.2. The highest BCUT2D eigenvalue weighted by Gasteiger charge is 2.45. The number of rotatable bonds is 4. The number of hydrogen-bond acceptors (Lipinski definition) is 4. The van der Waals surface area contributed by atoms with Crippen molar-refractivity contribution in [1.29, 1.82) is 0 Å². The van der Waals surface area contributed by atoms with Crippen LogP contribution in [0, 0.1) is 11.7 Å². The van der Waals surface area contributed by atoms with Gasteiger partial charge in [-0.05, 0) is 24.3 Å². The Hall–Kier alpha value is -2.15. The lowest BCUT2D eigenvalue weighted by Crippen LogP contribution is -2.29. The van der Waals surface area contributed by atoms with Crippen LogP contribution in [0.15, 0.2) is 34.9 Å². The van der Waals surface area contributed by atoms with Gasteiger partial charge in [0.2, 0.25) is 5.91 Å². The highest BCUT2D eigenvalue weighted by molar-refractivity contribution is 8.03. The molecule has 1 N–H and O–H groups in total. The van der Waals surface area contributed by atoms with Gasteiger partial charge in [-0.1, -0.05) is 0 Å². The van der Waals surface area contributed by atoms with E-state index in [1.54, 1.807) is 0 Å². The van der Waals surface area contributed by atoms with Gasteiger partial charge in [0, 0.05) is 23.4 Å². The van der Waals surface area contributed by atoms with Gasteiger partial charge in [-0.25, -0.2) is 4.39 Å². The first-order valence-electron chi connectivity index (χ1n) is 6.69. The minimum Gasteiger partial charge on any atom is -0.481 e. The molecule has 3 rings (SSSR count). The van der Waals surface area contributed by atoms with Crippen LogP contribution in [-0.4, -0.2) is 40.0 Å². The summed E-state index contributed by atoms with van der Waals surface area (Å²) in [5.74, 6) is -2.62. The molecule has 1 aromatic rings. The molecule has 0 bridgehead atoms. The molecule has 0 spiro atoms. The predicted octanol–water partition coefficient (Wildman–Crippen LogP) is 1.90. The van der Waals surface area contributed by atoms with E-state index in [9.17, 15) is 18.8 Å². The molecule has 5 nitrogen and oxygen atoms in total. The van der Waals surface area contributed by atoms with E-state index in [4.69, 9.17) is 5.11 Å². The number of carbonyl (C=O) groups excluding carboxylic acids is 2. The second kappa shape index (κ2) is 5.57. The molecule has 1 atom stereocenters. The number of fused-ring (bicyclic) bond motifs is 1. The second-order valence-electron chi connectivity index (χ2n) is 5.04. The minimum absolute atomic E-state index is 0.224. The Labute approximate surface area is 129 Å². The summed E-state index contributed by atoms with van der Waals surface area (Å²) in [7, 11) is 0. The normalized spacial score (nSPS) is 20.5. The number of aliphatic carboxylic acids is 1. The fraction of sp³-hybridized carbons (Fsp3) is 0.267. The van der Waals surface area contributed by atoms with Gasteiger partial charge in [-0.15, -0.1) is 11.8 Å². The van der Waals surface area contributed by atoms with Crippen molar-refractivity contribution in [3.8, 4) is 0 Å². The van der Waals surface area contributed by atoms with E-state index in [2.05, 4.69) is 0 Å². The summed E-state index contributed by atoms with van der Waals surface area (Å²) in [4.78, 5) is 37.5. The summed E-state index contributed by atoms with van der Waals surface area (Å²) in [5.41, 5.74) is 0.475. The smallest absolute Gasteiger partial charge is 0.304 e. The van der Waals surface area contributed by atoms with Gasteiger partial charge in [0.25, 0.3) is 0 Å². The second-order valence-corrected chi connectivity index (χ2v) is 6.13. The van der Waals surface area contributed by atoms with Gasteiger partial charge in [0.1, 0.15) is 5.82 Å². The fourth-order valence-corrected chi connectivity index (χ4v) is 3.88. The third kappa shape index (κ3) is 2.41. The van der Waals surface area contributed by atoms with Crippen LogP contribution in [-0.2, 0) is 9.59 Å². The lowest BCUT2D eigenvalue weighted by Gasteiger charge is -2.12. The Morgan fingerprint density at radius 2 is 2.00 bits per heavy atom. The molecule has 0 radical (unpaired) electrons. The maximum absolute atomic E-state index is 13.0. The van der Waals surface area contributed by atoms with Gasteiger partial charge < -0.3 is 10.0 Å². The van der Waals surface area contributed by atoms with Crippen LogP contribution < -0.4 is 0 Å².